The van der Waals surface area contributed by atoms with Gasteiger partial charge in [0, 0.05) is 22.1 Å². The van der Waals surface area contributed by atoms with Crippen molar-refractivity contribution in [1.29, 1.82) is 0 Å². The number of nitrogens with zero attached hydrogens (tertiary/aromatic N) is 2. The van der Waals surface area contributed by atoms with Crippen LogP contribution in [0, 0.1) is 20.8 Å². The van der Waals surface area contributed by atoms with Crippen molar-refractivity contribution in [2.24, 2.45) is 0 Å². The molecule has 4 rings (SSSR count). The lowest BCUT2D eigenvalue weighted by Gasteiger charge is -2.30. The molecule has 2 aromatic carbocycles. The van der Waals surface area contributed by atoms with Crippen LogP contribution in [0.1, 0.15) is 35.0 Å². The van der Waals surface area contributed by atoms with E-state index in [1.54, 1.807) is 24.3 Å². The standard InChI is InChI=1S/C26H24ClN3O2S/c1-5-18-9-11-20(12-10-18)29-15(2)13-19(17(29)4)14-21-24(31)28-26(33)30(25(21)32)23-8-6-7-22(27)16(23)3/h6-14H,5H2,1-4H3,(H,28,31,33)/b21-14+. The van der Waals surface area contributed by atoms with E-state index in [1.807, 2.05) is 26.8 Å². The van der Waals surface area contributed by atoms with Crippen LogP contribution in [0.15, 0.2) is 54.1 Å². The van der Waals surface area contributed by atoms with Gasteiger partial charge in [0.05, 0.1) is 5.69 Å². The van der Waals surface area contributed by atoms with E-state index < -0.39 is 11.8 Å². The summed E-state index contributed by atoms with van der Waals surface area (Å²) in [5, 5.41) is 3.19. The van der Waals surface area contributed by atoms with Gasteiger partial charge in [0.1, 0.15) is 5.57 Å². The highest BCUT2D eigenvalue weighted by atomic mass is 35.5. The monoisotopic (exact) mass is 477 g/mol. The lowest BCUT2D eigenvalue weighted by Crippen LogP contribution is -2.54. The molecule has 33 heavy (non-hydrogen) atoms. The minimum atomic E-state index is -0.516. The third-order valence-corrected chi connectivity index (χ3v) is 6.65. The molecule has 0 atom stereocenters. The zero-order chi connectivity index (χ0) is 23.9. The number of thiocarbonyl (C=S) groups is 1. The van der Waals surface area contributed by atoms with Crippen molar-refractivity contribution in [3.05, 3.63) is 87.2 Å². The van der Waals surface area contributed by atoms with Gasteiger partial charge < -0.3 is 4.57 Å². The second-order valence-electron chi connectivity index (χ2n) is 8.02. The lowest BCUT2D eigenvalue weighted by molar-refractivity contribution is -0.122. The smallest absolute Gasteiger partial charge is 0.270 e. The second-order valence-corrected chi connectivity index (χ2v) is 8.82. The second kappa shape index (κ2) is 8.96. The molecule has 0 saturated carbocycles. The number of aromatic nitrogens is 1. The van der Waals surface area contributed by atoms with E-state index in [-0.39, 0.29) is 10.7 Å². The highest BCUT2D eigenvalue weighted by Crippen LogP contribution is 2.30. The van der Waals surface area contributed by atoms with Gasteiger partial charge in [-0.15, -0.1) is 0 Å². The lowest BCUT2D eigenvalue weighted by atomic mass is 10.1. The van der Waals surface area contributed by atoms with Crippen LogP contribution in [0.2, 0.25) is 5.02 Å². The summed E-state index contributed by atoms with van der Waals surface area (Å²) in [5.74, 6) is -0.996. The van der Waals surface area contributed by atoms with Gasteiger partial charge in [-0.2, -0.15) is 0 Å². The normalized spacial score (nSPS) is 15.4. The Labute approximate surface area is 203 Å². The van der Waals surface area contributed by atoms with E-state index in [9.17, 15) is 9.59 Å². The van der Waals surface area contributed by atoms with Crippen LogP contribution in [0.3, 0.4) is 0 Å². The Morgan fingerprint density at radius 2 is 1.76 bits per heavy atom. The van der Waals surface area contributed by atoms with Crippen molar-refractivity contribution in [3.8, 4) is 5.69 Å². The molecule has 1 N–H and O–H groups in total. The van der Waals surface area contributed by atoms with Crippen molar-refractivity contribution in [1.82, 2.24) is 9.88 Å². The van der Waals surface area contributed by atoms with Gasteiger partial charge in [-0.3, -0.25) is 19.8 Å². The largest absolute Gasteiger partial charge is 0.318 e. The van der Waals surface area contributed by atoms with Crippen LogP contribution in [0.25, 0.3) is 11.8 Å². The summed E-state index contributed by atoms with van der Waals surface area (Å²) in [6.45, 7) is 7.91. The number of anilines is 1. The first-order chi connectivity index (χ1) is 15.7. The van der Waals surface area contributed by atoms with Gasteiger partial charge in [-0.1, -0.05) is 36.7 Å². The van der Waals surface area contributed by atoms with Crippen molar-refractivity contribution in [2.75, 3.05) is 4.90 Å². The number of nitrogens with one attached hydrogen (secondary N) is 1. The maximum atomic E-state index is 13.4. The maximum Gasteiger partial charge on any atom is 0.270 e. The average molecular weight is 478 g/mol. The first-order valence-corrected chi connectivity index (χ1v) is 11.5. The molecule has 7 heteroatoms. The van der Waals surface area contributed by atoms with E-state index in [1.165, 1.54) is 10.5 Å². The summed E-state index contributed by atoms with van der Waals surface area (Å²) in [7, 11) is 0. The zero-order valence-electron chi connectivity index (χ0n) is 18.9. The number of aryl methyl sites for hydroxylation is 2. The first-order valence-electron chi connectivity index (χ1n) is 10.7. The molecule has 1 fully saturated rings. The Morgan fingerprint density at radius 3 is 2.42 bits per heavy atom. The zero-order valence-corrected chi connectivity index (χ0v) is 20.5. The van der Waals surface area contributed by atoms with Gasteiger partial charge in [-0.25, -0.2) is 0 Å². The van der Waals surface area contributed by atoms with E-state index in [0.717, 1.165) is 29.1 Å². The fourth-order valence-electron chi connectivity index (χ4n) is 4.08. The van der Waals surface area contributed by atoms with Crippen LogP contribution in [-0.2, 0) is 16.0 Å². The number of hydrogen-bond acceptors (Lipinski definition) is 3. The van der Waals surface area contributed by atoms with Crippen molar-refractivity contribution < 1.29 is 9.59 Å². The molecule has 2 amide bonds. The SMILES string of the molecule is CCc1ccc(-n2c(C)cc(/C=C3\C(=O)NC(=S)N(c4cccc(Cl)c4C)C3=O)c2C)cc1. The molecule has 3 aromatic rings. The van der Waals surface area contributed by atoms with Crippen LogP contribution in [0.5, 0.6) is 0 Å². The minimum Gasteiger partial charge on any atom is -0.318 e. The van der Waals surface area contributed by atoms with E-state index in [2.05, 4.69) is 41.1 Å². The van der Waals surface area contributed by atoms with E-state index in [4.69, 9.17) is 23.8 Å². The molecule has 0 bridgehead atoms. The summed E-state index contributed by atoms with van der Waals surface area (Å²) < 4.78 is 2.11. The van der Waals surface area contributed by atoms with Crippen LogP contribution < -0.4 is 10.2 Å². The van der Waals surface area contributed by atoms with Gasteiger partial charge in [0.25, 0.3) is 11.8 Å². The van der Waals surface area contributed by atoms with Gasteiger partial charge in [0.2, 0.25) is 0 Å². The molecule has 5 nitrogen and oxygen atoms in total. The first kappa shape index (κ1) is 23.0. The number of carbonyl (C=O) groups is 2. The average Bonchev–Trinajstić information content (AvgIpc) is 3.06. The molecular formula is C26H24ClN3O2S. The van der Waals surface area contributed by atoms with Crippen LogP contribution >= 0.6 is 23.8 Å². The number of benzene rings is 2. The van der Waals surface area contributed by atoms with Gasteiger partial charge in [-0.05, 0) is 92.5 Å². The highest BCUT2D eigenvalue weighted by Gasteiger charge is 2.35. The number of carbonyl (C=O) groups excluding carboxylic acids is 2. The highest BCUT2D eigenvalue weighted by molar-refractivity contribution is 7.80. The molecule has 2 heterocycles. The predicted molar refractivity (Wildman–Crippen MR) is 137 cm³/mol. The fraction of sp³-hybridized carbons (Fsp3) is 0.192. The van der Waals surface area contributed by atoms with E-state index >= 15 is 0 Å². The Kier molecular flexibility index (Phi) is 6.23. The Balaban J connectivity index is 1.76. The molecule has 168 valence electrons. The quantitative estimate of drug-likeness (QED) is 0.309. The molecule has 0 unspecified atom stereocenters. The van der Waals surface area contributed by atoms with E-state index in [0.29, 0.717) is 16.3 Å². The number of amides is 2. The molecule has 1 aromatic heterocycles. The summed E-state index contributed by atoms with van der Waals surface area (Å²) >= 11 is 11.6. The minimum absolute atomic E-state index is 0.0181. The number of hydrogen-bond donors (Lipinski definition) is 1. The third-order valence-electron chi connectivity index (χ3n) is 5.95. The number of halogens is 1. The molecule has 1 aliphatic rings. The number of rotatable bonds is 4. The van der Waals surface area contributed by atoms with Crippen molar-refractivity contribution in [2.45, 2.75) is 34.1 Å². The molecule has 0 aliphatic carbocycles. The molecule has 0 radical (unpaired) electrons. The van der Waals surface area contributed by atoms with Gasteiger partial charge in [0.15, 0.2) is 5.11 Å². The molecule has 1 aliphatic heterocycles. The Hall–Kier alpha value is -3.22. The Morgan fingerprint density at radius 1 is 1.06 bits per heavy atom. The summed E-state index contributed by atoms with van der Waals surface area (Å²) in [5.41, 5.74) is 6.30. The predicted octanol–water partition coefficient (Wildman–Crippen LogP) is 5.45. The van der Waals surface area contributed by atoms with Crippen molar-refractivity contribution in [3.63, 3.8) is 0 Å². The molecule has 1 saturated heterocycles. The summed E-state index contributed by atoms with van der Waals surface area (Å²) in [6.07, 6.45) is 2.61. The molecular weight excluding hydrogens is 454 g/mol. The Bertz CT molecular complexity index is 1320. The summed E-state index contributed by atoms with van der Waals surface area (Å²) in [4.78, 5) is 27.5. The fourth-order valence-corrected chi connectivity index (χ4v) is 4.53. The summed E-state index contributed by atoms with van der Waals surface area (Å²) in [6, 6.07) is 15.6. The van der Waals surface area contributed by atoms with Gasteiger partial charge >= 0.3 is 0 Å². The maximum absolute atomic E-state index is 13.4. The molecule has 0 spiro atoms. The van der Waals surface area contributed by atoms with Crippen molar-refractivity contribution >= 4 is 52.5 Å². The third kappa shape index (κ3) is 4.12. The van der Waals surface area contributed by atoms with Crippen LogP contribution in [-0.4, -0.2) is 21.5 Å². The van der Waals surface area contributed by atoms with Crippen LogP contribution in [0.4, 0.5) is 5.69 Å². The topological polar surface area (TPSA) is 54.3 Å².